The lowest BCUT2D eigenvalue weighted by Gasteiger charge is -2.26. The van der Waals surface area contributed by atoms with E-state index >= 15 is 0 Å². The number of hydrogen-bond donors (Lipinski definition) is 0. The maximum absolute atomic E-state index is 13.0. The topological polar surface area (TPSA) is 20.3 Å². The first-order chi connectivity index (χ1) is 8.43. The fraction of sp³-hybridized carbons (Fsp3) is 0.462. The van der Waals surface area contributed by atoms with Crippen LogP contribution in [0.1, 0.15) is 36.2 Å². The molecular formula is C13H16F3NO. The Morgan fingerprint density at radius 1 is 1.28 bits per heavy atom. The van der Waals surface area contributed by atoms with E-state index in [4.69, 9.17) is 0 Å². The quantitative estimate of drug-likeness (QED) is 0.750. The summed E-state index contributed by atoms with van der Waals surface area (Å²) in [5.41, 5.74) is -0.571. The van der Waals surface area contributed by atoms with Crippen LogP contribution in [0.25, 0.3) is 0 Å². The largest absolute Gasteiger partial charge is 0.418 e. The van der Waals surface area contributed by atoms with Crippen LogP contribution in [0.4, 0.5) is 18.9 Å². The predicted molar refractivity (Wildman–Crippen MR) is 65.0 cm³/mol. The van der Waals surface area contributed by atoms with Gasteiger partial charge in [-0.05, 0) is 31.5 Å². The van der Waals surface area contributed by atoms with Crippen LogP contribution in [-0.4, -0.2) is 19.4 Å². The van der Waals surface area contributed by atoms with Crippen LogP contribution in [0.15, 0.2) is 18.2 Å². The van der Waals surface area contributed by atoms with Crippen molar-refractivity contribution in [3.63, 3.8) is 0 Å². The molecule has 0 aliphatic rings. The van der Waals surface area contributed by atoms with Gasteiger partial charge >= 0.3 is 6.18 Å². The molecule has 0 radical (unpaired) electrons. The third-order valence-electron chi connectivity index (χ3n) is 2.68. The Bertz CT molecular complexity index is 415. The van der Waals surface area contributed by atoms with Crippen molar-refractivity contribution in [1.82, 2.24) is 0 Å². The number of carbonyl (C=O) groups excluding carboxylic acids is 1. The number of aldehydes is 1. The van der Waals surface area contributed by atoms with Gasteiger partial charge in [-0.15, -0.1) is 0 Å². The Hall–Kier alpha value is -1.52. The first-order valence-corrected chi connectivity index (χ1v) is 5.85. The summed E-state index contributed by atoms with van der Waals surface area (Å²) in [5.74, 6) is 0. The van der Waals surface area contributed by atoms with E-state index in [0.29, 0.717) is 19.4 Å². The summed E-state index contributed by atoms with van der Waals surface area (Å²) < 4.78 is 38.9. The number of halogens is 3. The standard InChI is InChI=1S/C13H16F3NO/c1-3-7-17(4-2)12-6-5-10(9-18)8-11(12)13(14,15)16/h5-6,8-9H,3-4,7H2,1-2H3. The van der Waals surface area contributed by atoms with Crippen molar-refractivity contribution in [3.8, 4) is 0 Å². The lowest BCUT2D eigenvalue weighted by Crippen LogP contribution is -2.26. The SMILES string of the molecule is CCCN(CC)c1ccc(C=O)cc1C(F)(F)F. The van der Waals surface area contributed by atoms with Gasteiger partial charge in [-0.1, -0.05) is 6.92 Å². The Kier molecular flexibility index (Phi) is 4.76. The maximum Gasteiger partial charge on any atom is 0.418 e. The Balaban J connectivity index is 3.29. The average molecular weight is 259 g/mol. The second kappa shape index (κ2) is 5.89. The van der Waals surface area contributed by atoms with E-state index in [1.165, 1.54) is 12.1 Å². The number of carbonyl (C=O) groups is 1. The van der Waals surface area contributed by atoms with Gasteiger partial charge in [0, 0.05) is 24.3 Å². The zero-order chi connectivity index (χ0) is 13.8. The van der Waals surface area contributed by atoms with E-state index in [9.17, 15) is 18.0 Å². The van der Waals surface area contributed by atoms with Crippen LogP contribution in [-0.2, 0) is 6.18 Å². The first-order valence-electron chi connectivity index (χ1n) is 5.85. The molecule has 0 aliphatic carbocycles. The number of nitrogens with zero attached hydrogens (tertiary/aromatic N) is 1. The molecule has 0 N–H and O–H groups in total. The molecule has 18 heavy (non-hydrogen) atoms. The van der Waals surface area contributed by atoms with Crippen LogP contribution >= 0.6 is 0 Å². The predicted octanol–water partition coefficient (Wildman–Crippen LogP) is 3.75. The lowest BCUT2D eigenvalue weighted by atomic mass is 10.1. The molecule has 0 atom stereocenters. The molecule has 2 nitrogen and oxygen atoms in total. The number of anilines is 1. The Morgan fingerprint density at radius 2 is 1.94 bits per heavy atom. The van der Waals surface area contributed by atoms with Gasteiger partial charge in [0.25, 0.3) is 0 Å². The summed E-state index contributed by atoms with van der Waals surface area (Å²) in [6.45, 7) is 4.77. The van der Waals surface area contributed by atoms with Gasteiger partial charge < -0.3 is 4.90 Å². The van der Waals surface area contributed by atoms with Crippen molar-refractivity contribution in [3.05, 3.63) is 29.3 Å². The van der Waals surface area contributed by atoms with Gasteiger partial charge in [0.2, 0.25) is 0 Å². The second-order valence-corrected chi connectivity index (χ2v) is 3.97. The van der Waals surface area contributed by atoms with Gasteiger partial charge in [0.1, 0.15) is 6.29 Å². The molecule has 0 aliphatic heterocycles. The normalized spacial score (nSPS) is 11.4. The van der Waals surface area contributed by atoms with E-state index < -0.39 is 11.7 Å². The maximum atomic E-state index is 13.0. The monoisotopic (exact) mass is 259 g/mol. The zero-order valence-electron chi connectivity index (χ0n) is 10.4. The summed E-state index contributed by atoms with van der Waals surface area (Å²) in [5, 5.41) is 0. The summed E-state index contributed by atoms with van der Waals surface area (Å²) in [4.78, 5) is 12.2. The smallest absolute Gasteiger partial charge is 0.371 e. The van der Waals surface area contributed by atoms with E-state index in [-0.39, 0.29) is 11.3 Å². The molecule has 0 heterocycles. The third-order valence-corrected chi connectivity index (χ3v) is 2.68. The molecule has 0 saturated carbocycles. The molecule has 0 amide bonds. The molecule has 0 unspecified atom stereocenters. The molecule has 1 aromatic rings. The molecule has 0 bridgehead atoms. The van der Waals surface area contributed by atoms with E-state index in [0.717, 1.165) is 12.5 Å². The number of benzene rings is 1. The van der Waals surface area contributed by atoms with E-state index in [1.54, 1.807) is 4.90 Å². The van der Waals surface area contributed by atoms with Crippen molar-refractivity contribution in [2.24, 2.45) is 0 Å². The molecule has 0 saturated heterocycles. The minimum absolute atomic E-state index is 0.0404. The molecule has 0 spiro atoms. The third kappa shape index (κ3) is 3.24. The molecular weight excluding hydrogens is 243 g/mol. The van der Waals surface area contributed by atoms with Crippen LogP contribution < -0.4 is 4.90 Å². The summed E-state index contributed by atoms with van der Waals surface area (Å²) >= 11 is 0. The van der Waals surface area contributed by atoms with E-state index in [1.807, 2.05) is 13.8 Å². The number of rotatable bonds is 5. The van der Waals surface area contributed by atoms with E-state index in [2.05, 4.69) is 0 Å². The molecule has 5 heteroatoms. The average Bonchev–Trinajstić information content (AvgIpc) is 2.34. The van der Waals surface area contributed by atoms with Crippen LogP contribution in [0.5, 0.6) is 0 Å². The minimum atomic E-state index is -4.45. The Morgan fingerprint density at radius 3 is 2.39 bits per heavy atom. The lowest BCUT2D eigenvalue weighted by molar-refractivity contribution is -0.137. The molecule has 1 aromatic carbocycles. The minimum Gasteiger partial charge on any atom is -0.371 e. The Labute approximate surface area is 104 Å². The zero-order valence-corrected chi connectivity index (χ0v) is 10.4. The number of hydrogen-bond acceptors (Lipinski definition) is 2. The fourth-order valence-corrected chi connectivity index (χ4v) is 1.85. The summed E-state index contributed by atoms with van der Waals surface area (Å²) in [7, 11) is 0. The van der Waals surface area contributed by atoms with Gasteiger partial charge in [-0.2, -0.15) is 13.2 Å². The van der Waals surface area contributed by atoms with Gasteiger partial charge in [-0.25, -0.2) is 0 Å². The second-order valence-electron chi connectivity index (χ2n) is 3.97. The first kappa shape index (κ1) is 14.5. The van der Waals surface area contributed by atoms with Crippen LogP contribution in [0.2, 0.25) is 0 Å². The molecule has 1 rings (SSSR count). The van der Waals surface area contributed by atoms with Gasteiger partial charge in [0.15, 0.2) is 0 Å². The van der Waals surface area contributed by atoms with Crippen molar-refractivity contribution >= 4 is 12.0 Å². The van der Waals surface area contributed by atoms with Crippen LogP contribution in [0.3, 0.4) is 0 Å². The molecule has 0 fully saturated rings. The molecule has 100 valence electrons. The highest BCUT2D eigenvalue weighted by Crippen LogP contribution is 2.37. The van der Waals surface area contributed by atoms with Gasteiger partial charge in [0.05, 0.1) is 5.56 Å². The molecule has 0 aromatic heterocycles. The summed E-state index contributed by atoms with van der Waals surface area (Å²) in [6, 6.07) is 3.68. The highest BCUT2D eigenvalue weighted by atomic mass is 19.4. The van der Waals surface area contributed by atoms with Gasteiger partial charge in [-0.3, -0.25) is 4.79 Å². The summed E-state index contributed by atoms with van der Waals surface area (Å²) in [6.07, 6.45) is -3.26. The van der Waals surface area contributed by atoms with Crippen molar-refractivity contribution in [2.45, 2.75) is 26.4 Å². The van der Waals surface area contributed by atoms with Crippen molar-refractivity contribution in [2.75, 3.05) is 18.0 Å². The number of alkyl halides is 3. The van der Waals surface area contributed by atoms with Crippen molar-refractivity contribution < 1.29 is 18.0 Å². The van der Waals surface area contributed by atoms with Crippen molar-refractivity contribution in [1.29, 1.82) is 0 Å². The highest BCUT2D eigenvalue weighted by Gasteiger charge is 2.34. The fourth-order valence-electron chi connectivity index (χ4n) is 1.85. The highest BCUT2D eigenvalue weighted by molar-refractivity contribution is 5.77. The van der Waals surface area contributed by atoms with Crippen LogP contribution in [0, 0.1) is 0 Å².